The number of hydrogen-bond acceptors (Lipinski definition) is 3. The molecule has 5 nitrogen and oxygen atoms in total. The molecule has 1 unspecified atom stereocenters. The molecule has 1 amide bonds. The van der Waals surface area contributed by atoms with Crippen LogP contribution in [0.5, 0.6) is 0 Å². The van der Waals surface area contributed by atoms with Gasteiger partial charge in [0.2, 0.25) is 5.91 Å². The van der Waals surface area contributed by atoms with Crippen LogP contribution in [0.15, 0.2) is 66.9 Å². The minimum atomic E-state index is -0.0245. The summed E-state index contributed by atoms with van der Waals surface area (Å²) < 4.78 is 1.73. The van der Waals surface area contributed by atoms with E-state index in [9.17, 15) is 4.79 Å². The quantitative estimate of drug-likeness (QED) is 0.696. The molecule has 1 aliphatic rings. The molecule has 2 aromatic carbocycles. The van der Waals surface area contributed by atoms with Crippen LogP contribution < -0.4 is 10.6 Å². The summed E-state index contributed by atoms with van der Waals surface area (Å²) in [5.41, 5.74) is 4.54. The molecule has 5 heteroatoms. The van der Waals surface area contributed by atoms with E-state index >= 15 is 0 Å². The van der Waals surface area contributed by atoms with Gasteiger partial charge in [-0.25, -0.2) is 0 Å². The SMILES string of the molecule is O=C(Cn1ccc(C2CCCNC2)n1)NCc1ccc(-c2ccccc2)cc1. The van der Waals surface area contributed by atoms with Crippen molar-refractivity contribution >= 4 is 5.91 Å². The number of nitrogens with one attached hydrogen (secondary N) is 2. The lowest BCUT2D eigenvalue weighted by atomic mass is 9.97. The maximum absolute atomic E-state index is 12.3. The van der Waals surface area contributed by atoms with Gasteiger partial charge in [-0.1, -0.05) is 54.6 Å². The van der Waals surface area contributed by atoms with Gasteiger partial charge < -0.3 is 10.6 Å². The fourth-order valence-electron chi connectivity index (χ4n) is 3.64. The van der Waals surface area contributed by atoms with Gasteiger partial charge in [-0.3, -0.25) is 9.48 Å². The van der Waals surface area contributed by atoms with Crippen molar-refractivity contribution in [3.05, 3.63) is 78.1 Å². The van der Waals surface area contributed by atoms with E-state index < -0.39 is 0 Å². The highest BCUT2D eigenvalue weighted by Gasteiger charge is 2.17. The molecule has 1 atom stereocenters. The molecule has 0 spiro atoms. The molecule has 2 heterocycles. The second-order valence-electron chi connectivity index (χ2n) is 7.32. The van der Waals surface area contributed by atoms with Crippen molar-refractivity contribution in [3.8, 4) is 11.1 Å². The average molecular weight is 374 g/mol. The first kappa shape index (κ1) is 18.4. The Morgan fingerprint density at radius 1 is 1.07 bits per heavy atom. The Morgan fingerprint density at radius 3 is 2.61 bits per heavy atom. The van der Waals surface area contributed by atoms with Crippen molar-refractivity contribution in [2.24, 2.45) is 0 Å². The van der Waals surface area contributed by atoms with E-state index in [1.54, 1.807) is 4.68 Å². The van der Waals surface area contributed by atoms with Crippen molar-refractivity contribution in [3.63, 3.8) is 0 Å². The van der Waals surface area contributed by atoms with Crippen LogP contribution in [0.3, 0.4) is 0 Å². The molecule has 2 N–H and O–H groups in total. The Labute approximate surface area is 165 Å². The minimum absolute atomic E-state index is 0.0245. The summed E-state index contributed by atoms with van der Waals surface area (Å²) >= 11 is 0. The lowest BCUT2D eigenvalue weighted by Gasteiger charge is -2.20. The molecule has 4 rings (SSSR count). The summed E-state index contributed by atoms with van der Waals surface area (Å²) in [6.45, 7) is 2.84. The van der Waals surface area contributed by atoms with Crippen molar-refractivity contribution in [2.45, 2.75) is 31.8 Å². The monoisotopic (exact) mass is 374 g/mol. The van der Waals surface area contributed by atoms with Crippen molar-refractivity contribution < 1.29 is 4.79 Å². The maximum Gasteiger partial charge on any atom is 0.241 e. The topological polar surface area (TPSA) is 59.0 Å². The lowest BCUT2D eigenvalue weighted by molar-refractivity contribution is -0.122. The largest absolute Gasteiger partial charge is 0.350 e. The zero-order valence-corrected chi connectivity index (χ0v) is 16.0. The van der Waals surface area contributed by atoms with Gasteiger partial charge in [0.05, 0.1) is 5.69 Å². The van der Waals surface area contributed by atoms with E-state index in [-0.39, 0.29) is 12.5 Å². The van der Waals surface area contributed by atoms with Crippen molar-refractivity contribution in [1.29, 1.82) is 0 Å². The van der Waals surface area contributed by atoms with Crippen LogP contribution in [0, 0.1) is 0 Å². The van der Waals surface area contributed by atoms with E-state index in [0.29, 0.717) is 12.5 Å². The second-order valence-corrected chi connectivity index (χ2v) is 7.32. The second kappa shape index (κ2) is 8.85. The molecule has 0 aliphatic carbocycles. The van der Waals surface area contributed by atoms with Gasteiger partial charge in [-0.15, -0.1) is 0 Å². The highest BCUT2D eigenvalue weighted by atomic mass is 16.2. The zero-order chi connectivity index (χ0) is 19.2. The van der Waals surface area contributed by atoms with E-state index in [0.717, 1.165) is 30.8 Å². The first-order valence-corrected chi connectivity index (χ1v) is 9.93. The number of carbonyl (C=O) groups excluding carboxylic acids is 1. The number of aromatic nitrogens is 2. The van der Waals surface area contributed by atoms with Crippen LogP contribution in [-0.2, 0) is 17.9 Å². The van der Waals surface area contributed by atoms with Crippen LogP contribution >= 0.6 is 0 Å². The number of rotatable bonds is 6. The van der Waals surface area contributed by atoms with Gasteiger partial charge in [0.25, 0.3) is 0 Å². The smallest absolute Gasteiger partial charge is 0.241 e. The average Bonchev–Trinajstić information content (AvgIpc) is 3.22. The Balaban J connectivity index is 1.28. The third kappa shape index (κ3) is 4.67. The normalized spacial score (nSPS) is 16.6. The van der Waals surface area contributed by atoms with E-state index in [1.807, 2.05) is 30.5 Å². The van der Waals surface area contributed by atoms with Crippen molar-refractivity contribution in [2.75, 3.05) is 13.1 Å². The fraction of sp³-hybridized carbons (Fsp3) is 0.304. The molecule has 0 saturated carbocycles. The minimum Gasteiger partial charge on any atom is -0.350 e. The Bertz CT molecular complexity index is 896. The van der Waals surface area contributed by atoms with Crippen LogP contribution in [0.25, 0.3) is 11.1 Å². The molecule has 1 saturated heterocycles. The Hall–Kier alpha value is -2.92. The summed E-state index contributed by atoms with van der Waals surface area (Å²) in [6.07, 6.45) is 4.24. The zero-order valence-electron chi connectivity index (χ0n) is 16.0. The molecule has 1 fully saturated rings. The maximum atomic E-state index is 12.3. The molecular formula is C23H26N4O. The molecule has 144 valence electrons. The molecule has 1 aliphatic heterocycles. The van der Waals surface area contributed by atoms with Crippen LogP contribution in [-0.4, -0.2) is 28.8 Å². The van der Waals surface area contributed by atoms with Gasteiger partial charge in [0.15, 0.2) is 0 Å². The van der Waals surface area contributed by atoms with Crippen LogP contribution in [0.2, 0.25) is 0 Å². The summed E-state index contributed by atoms with van der Waals surface area (Å²) in [7, 11) is 0. The molecule has 28 heavy (non-hydrogen) atoms. The van der Waals surface area contributed by atoms with Crippen LogP contribution in [0.1, 0.15) is 30.0 Å². The first-order chi connectivity index (χ1) is 13.8. The summed E-state index contributed by atoms with van der Waals surface area (Å²) in [5.74, 6) is 0.435. The van der Waals surface area contributed by atoms with E-state index in [2.05, 4.69) is 52.1 Å². The van der Waals surface area contributed by atoms with Gasteiger partial charge in [-0.05, 0) is 42.1 Å². The summed E-state index contributed by atoms with van der Waals surface area (Å²) in [5, 5.41) is 11.0. The lowest BCUT2D eigenvalue weighted by Crippen LogP contribution is -2.29. The van der Waals surface area contributed by atoms with Crippen LogP contribution in [0.4, 0.5) is 0 Å². The number of nitrogens with zero attached hydrogens (tertiary/aromatic N) is 2. The Morgan fingerprint density at radius 2 is 1.86 bits per heavy atom. The predicted octanol–water partition coefficient (Wildman–Crippen LogP) is 3.33. The number of hydrogen-bond donors (Lipinski definition) is 2. The van der Waals surface area contributed by atoms with E-state index in [4.69, 9.17) is 0 Å². The van der Waals surface area contributed by atoms with Gasteiger partial charge in [-0.2, -0.15) is 5.10 Å². The molecule has 0 bridgehead atoms. The number of carbonyl (C=O) groups is 1. The third-order valence-corrected chi connectivity index (χ3v) is 5.23. The molecular weight excluding hydrogens is 348 g/mol. The summed E-state index contributed by atoms with van der Waals surface area (Å²) in [6, 6.07) is 20.6. The van der Waals surface area contributed by atoms with Crippen molar-refractivity contribution in [1.82, 2.24) is 20.4 Å². The predicted molar refractivity (Wildman–Crippen MR) is 111 cm³/mol. The molecule has 3 aromatic rings. The van der Waals surface area contributed by atoms with Gasteiger partial charge >= 0.3 is 0 Å². The standard InChI is InChI=1S/C23H26N4O/c28-23(17-27-14-12-22(26-27)21-7-4-13-24-16-21)25-15-18-8-10-20(11-9-18)19-5-2-1-3-6-19/h1-3,5-6,8-12,14,21,24H,4,7,13,15-17H2,(H,25,28). The highest BCUT2D eigenvalue weighted by Crippen LogP contribution is 2.21. The first-order valence-electron chi connectivity index (χ1n) is 9.93. The van der Waals surface area contributed by atoms with Gasteiger partial charge in [0, 0.05) is 25.2 Å². The van der Waals surface area contributed by atoms with E-state index in [1.165, 1.54) is 17.5 Å². The highest BCUT2D eigenvalue weighted by molar-refractivity contribution is 5.75. The summed E-state index contributed by atoms with van der Waals surface area (Å²) in [4.78, 5) is 12.3. The number of piperidine rings is 1. The third-order valence-electron chi connectivity index (χ3n) is 5.23. The number of amides is 1. The molecule has 0 radical (unpaired) electrons. The molecule has 1 aromatic heterocycles. The Kier molecular flexibility index (Phi) is 5.83. The fourth-order valence-corrected chi connectivity index (χ4v) is 3.64. The number of benzene rings is 2. The van der Waals surface area contributed by atoms with Gasteiger partial charge in [0.1, 0.15) is 6.54 Å².